The van der Waals surface area contributed by atoms with Crippen LogP contribution >= 0.6 is 15.9 Å². The number of ether oxygens (including phenoxy) is 3. The van der Waals surface area contributed by atoms with Crippen molar-refractivity contribution in [1.82, 2.24) is 4.90 Å². The maximum absolute atomic E-state index is 13.4. The number of methoxy groups -OCH3 is 1. The number of hydrogen-bond acceptors (Lipinski definition) is 8. The molecule has 1 N–H and O–H groups in total. The van der Waals surface area contributed by atoms with E-state index in [1.54, 1.807) is 6.07 Å². The van der Waals surface area contributed by atoms with Gasteiger partial charge in [0, 0.05) is 27.1 Å². The quantitative estimate of drug-likeness (QED) is 0.208. The summed E-state index contributed by atoms with van der Waals surface area (Å²) in [4.78, 5) is 38.7. The zero-order chi connectivity index (χ0) is 26.7. The predicted octanol–water partition coefficient (Wildman–Crippen LogP) is 5.32. The van der Waals surface area contributed by atoms with Crippen LogP contribution in [0.25, 0.3) is 0 Å². The Hall–Kier alpha value is -1.91. The van der Waals surface area contributed by atoms with E-state index in [9.17, 15) is 14.4 Å². The number of halogens is 1. The third-order valence-electron chi connectivity index (χ3n) is 6.35. The summed E-state index contributed by atoms with van der Waals surface area (Å²) in [5, 5.41) is 8.83. The van der Waals surface area contributed by atoms with Crippen molar-refractivity contribution in [1.29, 1.82) is 0 Å². The average Bonchev–Trinajstić information content (AvgIpc) is 3.39. The van der Waals surface area contributed by atoms with E-state index in [-0.39, 0.29) is 24.9 Å². The van der Waals surface area contributed by atoms with Crippen LogP contribution < -0.4 is 0 Å². The number of esters is 1. The summed E-state index contributed by atoms with van der Waals surface area (Å²) >= 11 is 3.52. The molecule has 1 saturated heterocycles. The van der Waals surface area contributed by atoms with Gasteiger partial charge in [0.1, 0.15) is 18.1 Å². The fourth-order valence-corrected chi connectivity index (χ4v) is 4.82. The Labute approximate surface area is 221 Å². The fourth-order valence-electron chi connectivity index (χ4n) is 4.31. The van der Waals surface area contributed by atoms with Crippen LogP contribution in [0.3, 0.4) is 0 Å². The van der Waals surface area contributed by atoms with Gasteiger partial charge in [-0.1, -0.05) is 52.4 Å². The molecule has 1 aromatic rings. The third kappa shape index (κ3) is 8.59. The van der Waals surface area contributed by atoms with E-state index in [0.29, 0.717) is 12.2 Å². The second-order valence-corrected chi connectivity index (χ2v) is 10.4. The van der Waals surface area contributed by atoms with E-state index in [0.717, 1.165) is 47.9 Å². The number of hydrogen-bond donors (Lipinski definition) is 1. The van der Waals surface area contributed by atoms with E-state index in [1.165, 1.54) is 26.9 Å². The van der Waals surface area contributed by atoms with Gasteiger partial charge < -0.3 is 23.7 Å². The first-order chi connectivity index (χ1) is 17.2. The summed E-state index contributed by atoms with van der Waals surface area (Å²) in [5.41, 5.74) is 0. The minimum absolute atomic E-state index is 0.0185. The molecule has 0 aromatic carbocycles. The number of carbonyl (C=O) groups excluding carboxylic acids is 3. The predicted molar refractivity (Wildman–Crippen MR) is 136 cm³/mol. The van der Waals surface area contributed by atoms with E-state index in [4.69, 9.17) is 23.7 Å². The van der Waals surface area contributed by atoms with Gasteiger partial charge in [-0.25, -0.2) is 9.69 Å². The second-order valence-electron chi connectivity index (χ2n) is 9.50. The largest absolute Gasteiger partial charge is 0.461 e. The Kier molecular flexibility index (Phi) is 12.9. The molecule has 1 aromatic heterocycles. The number of aliphatic hydroxyl groups excluding tert-OH is 1. The minimum atomic E-state index is -1.28. The Balaban J connectivity index is 2.06. The molecule has 0 radical (unpaired) electrons. The lowest BCUT2D eigenvalue weighted by atomic mass is 10.0. The third-order valence-corrected chi connectivity index (χ3v) is 7.02. The highest BCUT2D eigenvalue weighted by molar-refractivity contribution is 9.10. The number of cyclic esters (lactones) is 1. The summed E-state index contributed by atoms with van der Waals surface area (Å²) in [7, 11) is 1.33. The maximum atomic E-state index is 13.4. The molecule has 36 heavy (non-hydrogen) atoms. The highest BCUT2D eigenvalue weighted by Crippen LogP contribution is 2.34. The van der Waals surface area contributed by atoms with Crippen molar-refractivity contribution in [2.45, 2.75) is 96.8 Å². The number of unbranched alkanes of at least 4 members (excludes halogenated alkanes) is 7. The molecular formula is C26H40BrNO8. The van der Waals surface area contributed by atoms with Crippen LogP contribution in [-0.2, 0) is 30.2 Å². The molecule has 1 aliphatic rings. The number of imide groups is 1. The van der Waals surface area contributed by atoms with Crippen molar-refractivity contribution in [3.63, 3.8) is 0 Å². The molecule has 2 amide bonds. The Morgan fingerprint density at radius 1 is 1.14 bits per heavy atom. The van der Waals surface area contributed by atoms with Crippen molar-refractivity contribution in [3.8, 4) is 0 Å². The lowest BCUT2D eigenvalue weighted by Gasteiger charge is -2.29. The molecule has 1 fully saturated rings. The van der Waals surface area contributed by atoms with Gasteiger partial charge in [0.25, 0.3) is 5.91 Å². The molecule has 0 aliphatic carbocycles. The zero-order valence-electron chi connectivity index (χ0n) is 21.8. The number of amides is 2. The van der Waals surface area contributed by atoms with E-state index < -0.39 is 36.2 Å². The normalized spacial score (nSPS) is 17.4. The maximum Gasteiger partial charge on any atom is 0.417 e. The molecule has 2 rings (SSSR count). The van der Waals surface area contributed by atoms with Crippen LogP contribution in [0.1, 0.15) is 89.8 Å². The van der Waals surface area contributed by atoms with E-state index in [2.05, 4.69) is 15.9 Å². The summed E-state index contributed by atoms with van der Waals surface area (Å²) in [5.74, 6) is -0.293. The highest BCUT2D eigenvalue weighted by Gasteiger charge is 2.46. The first-order valence-corrected chi connectivity index (χ1v) is 13.6. The lowest BCUT2D eigenvalue weighted by Crippen LogP contribution is -2.49. The number of furan rings is 1. The van der Waals surface area contributed by atoms with Gasteiger partial charge in [0.2, 0.25) is 0 Å². The van der Waals surface area contributed by atoms with Crippen molar-refractivity contribution in [3.05, 3.63) is 22.1 Å². The molecule has 10 heteroatoms. The van der Waals surface area contributed by atoms with Crippen LogP contribution in [0.2, 0.25) is 0 Å². The van der Waals surface area contributed by atoms with Crippen molar-refractivity contribution in [2.75, 3.05) is 20.3 Å². The number of nitrogens with zero attached hydrogens (tertiary/aromatic N) is 1. The number of carbonyl (C=O) groups is 3. The van der Waals surface area contributed by atoms with Crippen molar-refractivity contribution >= 4 is 33.9 Å². The zero-order valence-corrected chi connectivity index (χ0v) is 23.4. The summed E-state index contributed by atoms with van der Waals surface area (Å²) in [6, 6.07) is 1.25. The topological polar surface area (TPSA) is 116 Å². The van der Waals surface area contributed by atoms with Gasteiger partial charge in [-0.2, -0.15) is 0 Å². The molecular weight excluding hydrogens is 534 g/mol. The minimum Gasteiger partial charge on any atom is -0.461 e. The Morgan fingerprint density at radius 3 is 2.31 bits per heavy atom. The molecule has 9 nitrogen and oxygen atoms in total. The van der Waals surface area contributed by atoms with Crippen LogP contribution in [-0.4, -0.2) is 60.4 Å². The first kappa shape index (κ1) is 30.3. The lowest BCUT2D eigenvalue weighted by molar-refractivity contribution is -0.164. The van der Waals surface area contributed by atoms with Crippen molar-refractivity contribution in [2.24, 2.45) is 5.92 Å². The van der Waals surface area contributed by atoms with Gasteiger partial charge in [-0.05, 0) is 40.8 Å². The van der Waals surface area contributed by atoms with Gasteiger partial charge in [-0.15, -0.1) is 0 Å². The van der Waals surface area contributed by atoms with Crippen molar-refractivity contribution < 1.29 is 38.1 Å². The molecule has 0 spiro atoms. The first-order valence-electron chi connectivity index (χ1n) is 12.8. The Bertz CT molecular complexity index is 855. The van der Waals surface area contributed by atoms with Crippen LogP contribution in [0.5, 0.6) is 0 Å². The highest BCUT2D eigenvalue weighted by atomic mass is 79.9. The van der Waals surface area contributed by atoms with Crippen LogP contribution in [0.15, 0.2) is 15.0 Å². The molecule has 1 aliphatic heterocycles. The van der Waals surface area contributed by atoms with Crippen LogP contribution in [0.4, 0.5) is 4.79 Å². The van der Waals surface area contributed by atoms with E-state index in [1.807, 2.05) is 13.8 Å². The smallest absolute Gasteiger partial charge is 0.417 e. The monoisotopic (exact) mass is 573 g/mol. The molecule has 0 saturated carbocycles. The number of aliphatic hydroxyl groups is 1. The van der Waals surface area contributed by atoms with Gasteiger partial charge in [0.05, 0.1) is 10.5 Å². The van der Waals surface area contributed by atoms with E-state index >= 15 is 0 Å². The fraction of sp³-hybridized carbons (Fsp3) is 0.731. The number of aryl methyl sites for hydroxylation is 1. The Morgan fingerprint density at radius 2 is 1.75 bits per heavy atom. The SMILES string of the molecule is CO[C@H](C(=O)N1C(=O)OC[C@@H]1C(C)C)[C@H](OC(C)=O)c1cc(Br)c(CCCCCCCCCCO)o1. The van der Waals surface area contributed by atoms with Gasteiger partial charge >= 0.3 is 12.1 Å². The average molecular weight is 575 g/mol. The molecule has 0 unspecified atom stereocenters. The molecule has 2 heterocycles. The second kappa shape index (κ2) is 15.4. The molecule has 3 atom stereocenters. The van der Waals surface area contributed by atoms with Gasteiger partial charge in [-0.3, -0.25) is 9.59 Å². The number of rotatable bonds is 16. The molecule has 204 valence electrons. The van der Waals surface area contributed by atoms with Gasteiger partial charge in [0.15, 0.2) is 12.2 Å². The standard InChI is InChI=1S/C26H40BrNO8/c1-17(2)20-16-34-26(32)28(20)25(31)24(33-4)23(35-18(3)30)22-15-19(27)21(36-22)13-11-9-7-5-6-8-10-12-14-29/h15,17,20,23-24,29H,5-14,16H2,1-4H3/t20-,23-,24+/m1/s1. The van der Waals surface area contributed by atoms with Crippen LogP contribution in [0, 0.1) is 5.92 Å². The summed E-state index contributed by atoms with van der Waals surface area (Å²) in [6.07, 6.45) is 6.07. The summed E-state index contributed by atoms with van der Waals surface area (Å²) in [6.45, 7) is 5.40. The molecule has 0 bridgehead atoms. The summed E-state index contributed by atoms with van der Waals surface area (Å²) < 4.78 is 22.8.